The fraction of sp³-hybridized carbons (Fsp3) is 0.375. The molecule has 1 aliphatic rings. The number of carbonyl (C=O) groups is 1. The fourth-order valence-electron chi connectivity index (χ4n) is 2.78. The van der Waals surface area contributed by atoms with Gasteiger partial charge >= 0.3 is 0 Å². The zero-order valence-corrected chi connectivity index (χ0v) is 13.1. The van der Waals surface area contributed by atoms with Crippen LogP contribution in [0.5, 0.6) is 0 Å². The molecule has 1 fully saturated rings. The van der Waals surface area contributed by atoms with Gasteiger partial charge in [0.1, 0.15) is 4.88 Å². The zero-order chi connectivity index (χ0) is 14.8. The van der Waals surface area contributed by atoms with E-state index < -0.39 is 0 Å². The van der Waals surface area contributed by atoms with E-state index in [1.807, 2.05) is 36.9 Å². The van der Waals surface area contributed by atoms with Crippen LogP contribution in [-0.4, -0.2) is 35.4 Å². The summed E-state index contributed by atoms with van der Waals surface area (Å²) in [7, 11) is 0. The minimum atomic E-state index is 0.0919. The fourth-order valence-corrected chi connectivity index (χ4v) is 3.66. The molecule has 1 amide bonds. The average molecular weight is 301 g/mol. The quantitative estimate of drug-likeness (QED) is 0.927. The van der Waals surface area contributed by atoms with Crippen molar-refractivity contribution in [3.05, 3.63) is 51.5 Å². The van der Waals surface area contributed by atoms with Crippen molar-refractivity contribution in [1.29, 1.82) is 0 Å². The summed E-state index contributed by atoms with van der Waals surface area (Å²) in [6.07, 6.45) is 0. The summed E-state index contributed by atoms with van der Waals surface area (Å²) in [4.78, 5) is 20.0. The van der Waals surface area contributed by atoms with Gasteiger partial charge in [0, 0.05) is 19.6 Å². The van der Waals surface area contributed by atoms with Crippen LogP contribution in [0.1, 0.15) is 32.0 Å². The van der Waals surface area contributed by atoms with Gasteiger partial charge in [-0.15, -0.1) is 11.3 Å². The van der Waals surface area contributed by atoms with Crippen LogP contribution in [0.3, 0.4) is 0 Å². The standard InChI is InChI=1S/C16H19N3OS/c1-11-15(21-12(2)18-11)16(20)19-9-8-17-10-14(19)13-6-4-3-5-7-13/h3-7,14,17H,8-10H2,1-2H3. The van der Waals surface area contributed by atoms with Gasteiger partial charge in [-0.3, -0.25) is 4.79 Å². The molecule has 0 radical (unpaired) electrons. The Hall–Kier alpha value is -1.72. The Morgan fingerprint density at radius 2 is 2.10 bits per heavy atom. The van der Waals surface area contributed by atoms with E-state index in [2.05, 4.69) is 22.4 Å². The van der Waals surface area contributed by atoms with Crippen molar-refractivity contribution < 1.29 is 4.79 Å². The minimum Gasteiger partial charge on any atom is -0.328 e. The number of amides is 1. The van der Waals surface area contributed by atoms with Crippen LogP contribution >= 0.6 is 11.3 Å². The molecule has 4 nitrogen and oxygen atoms in total. The summed E-state index contributed by atoms with van der Waals surface area (Å²) in [5.74, 6) is 0.105. The highest BCUT2D eigenvalue weighted by atomic mass is 32.1. The third-order valence-electron chi connectivity index (χ3n) is 3.79. The molecule has 1 atom stereocenters. The van der Waals surface area contributed by atoms with E-state index in [-0.39, 0.29) is 11.9 Å². The Morgan fingerprint density at radius 3 is 2.76 bits per heavy atom. The SMILES string of the molecule is Cc1nc(C)c(C(=O)N2CCNCC2c2ccccc2)s1. The topological polar surface area (TPSA) is 45.2 Å². The molecule has 5 heteroatoms. The second-order valence-corrected chi connectivity index (χ2v) is 6.48. The molecule has 110 valence electrons. The van der Waals surface area contributed by atoms with E-state index >= 15 is 0 Å². The first-order chi connectivity index (χ1) is 10.2. The van der Waals surface area contributed by atoms with Gasteiger partial charge in [0.2, 0.25) is 0 Å². The van der Waals surface area contributed by atoms with Gasteiger partial charge in [-0.1, -0.05) is 30.3 Å². The molecule has 1 saturated heterocycles. The molecule has 1 aromatic heterocycles. The molecule has 0 saturated carbocycles. The molecular formula is C16H19N3OS. The number of aromatic nitrogens is 1. The van der Waals surface area contributed by atoms with Crippen LogP contribution in [-0.2, 0) is 0 Å². The summed E-state index contributed by atoms with van der Waals surface area (Å²) in [6, 6.07) is 10.3. The van der Waals surface area contributed by atoms with Crippen LogP contribution in [0.4, 0.5) is 0 Å². The summed E-state index contributed by atoms with van der Waals surface area (Å²) >= 11 is 1.49. The van der Waals surface area contributed by atoms with E-state index in [4.69, 9.17) is 0 Å². The van der Waals surface area contributed by atoms with Crippen molar-refractivity contribution in [3.63, 3.8) is 0 Å². The first kappa shape index (κ1) is 14.2. The first-order valence-corrected chi connectivity index (χ1v) is 7.99. The molecule has 0 bridgehead atoms. The number of hydrogen-bond acceptors (Lipinski definition) is 4. The van der Waals surface area contributed by atoms with Crippen molar-refractivity contribution in [2.45, 2.75) is 19.9 Å². The first-order valence-electron chi connectivity index (χ1n) is 7.17. The molecule has 2 heterocycles. The molecule has 1 N–H and O–H groups in total. The highest BCUT2D eigenvalue weighted by Gasteiger charge is 2.30. The van der Waals surface area contributed by atoms with Crippen LogP contribution in [0.25, 0.3) is 0 Å². The molecule has 1 aliphatic heterocycles. The van der Waals surface area contributed by atoms with E-state index in [1.54, 1.807) is 0 Å². The number of benzene rings is 1. The summed E-state index contributed by atoms with van der Waals surface area (Å²) in [6.45, 7) is 6.23. The average Bonchev–Trinajstić information content (AvgIpc) is 2.86. The van der Waals surface area contributed by atoms with Gasteiger partial charge in [-0.2, -0.15) is 0 Å². The zero-order valence-electron chi connectivity index (χ0n) is 12.3. The van der Waals surface area contributed by atoms with Gasteiger partial charge < -0.3 is 10.2 Å². The van der Waals surface area contributed by atoms with Gasteiger partial charge in [-0.05, 0) is 19.4 Å². The maximum absolute atomic E-state index is 12.9. The van der Waals surface area contributed by atoms with Crippen LogP contribution in [0.2, 0.25) is 0 Å². The molecule has 1 unspecified atom stereocenters. The molecule has 21 heavy (non-hydrogen) atoms. The van der Waals surface area contributed by atoms with Crippen molar-refractivity contribution in [2.24, 2.45) is 0 Å². The normalized spacial score (nSPS) is 18.8. The largest absolute Gasteiger partial charge is 0.328 e. The smallest absolute Gasteiger partial charge is 0.266 e. The number of nitrogens with one attached hydrogen (secondary N) is 1. The number of thiazole rings is 1. The van der Waals surface area contributed by atoms with Crippen LogP contribution < -0.4 is 5.32 Å². The van der Waals surface area contributed by atoms with Crippen LogP contribution in [0.15, 0.2) is 30.3 Å². The Labute approximate surface area is 128 Å². The monoisotopic (exact) mass is 301 g/mol. The highest BCUT2D eigenvalue weighted by Crippen LogP contribution is 2.27. The van der Waals surface area contributed by atoms with Crippen molar-refractivity contribution >= 4 is 17.2 Å². The number of carbonyl (C=O) groups excluding carboxylic acids is 1. The molecule has 0 aliphatic carbocycles. The van der Waals surface area contributed by atoms with Gasteiger partial charge in [0.25, 0.3) is 5.91 Å². The van der Waals surface area contributed by atoms with E-state index in [9.17, 15) is 4.79 Å². The molecule has 3 rings (SSSR count). The predicted octanol–water partition coefficient (Wildman–Crippen LogP) is 2.55. The maximum atomic E-state index is 12.9. The lowest BCUT2D eigenvalue weighted by Crippen LogP contribution is -2.48. The lowest BCUT2D eigenvalue weighted by molar-refractivity contribution is 0.0638. The molecule has 2 aromatic rings. The van der Waals surface area contributed by atoms with Crippen molar-refractivity contribution in [3.8, 4) is 0 Å². The number of piperazine rings is 1. The maximum Gasteiger partial charge on any atom is 0.266 e. The molecular weight excluding hydrogens is 282 g/mol. The van der Waals surface area contributed by atoms with E-state index in [0.29, 0.717) is 0 Å². The van der Waals surface area contributed by atoms with Gasteiger partial charge in [-0.25, -0.2) is 4.98 Å². The number of nitrogens with zero attached hydrogens (tertiary/aromatic N) is 2. The summed E-state index contributed by atoms with van der Waals surface area (Å²) < 4.78 is 0. The van der Waals surface area contributed by atoms with Crippen molar-refractivity contribution in [1.82, 2.24) is 15.2 Å². The van der Waals surface area contributed by atoms with E-state index in [0.717, 1.165) is 35.2 Å². The van der Waals surface area contributed by atoms with Gasteiger partial charge in [0.15, 0.2) is 0 Å². The summed E-state index contributed by atoms with van der Waals surface area (Å²) in [5, 5.41) is 4.33. The second kappa shape index (κ2) is 5.95. The Balaban J connectivity index is 1.91. The molecule has 0 spiro atoms. The van der Waals surface area contributed by atoms with E-state index in [1.165, 1.54) is 16.9 Å². The van der Waals surface area contributed by atoms with Gasteiger partial charge in [0.05, 0.1) is 16.7 Å². The van der Waals surface area contributed by atoms with Crippen molar-refractivity contribution in [2.75, 3.05) is 19.6 Å². The number of aryl methyl sites for hydroxylation is 2. The Morgan fingerprint density at radius 1 is 1.33 bits per heavy atom. The highest BCUT2D eigenvalue weighted by molar-refractivity contribution is 7.13. The Kier molecular flexibility index (Phi) is 4.03. The molecule has 1 aromatic carbocycles. The number of hydrogen-bond donors (Lipinski definition) is 1. The Bertz CT molecular complexity index is 638. The third kappa shape index (κ3) is 2.84. The predicted molar refractivity (Wildman–Crippen MR) is 84.7 cm³/mol. The minimum absolute atomic E-state index is 0.0919. The van der Waals surface area contributed by atoms with Crippen LogP contribution in [0, 0.1) is 13.8 Å². The lowest BCUT2D eigenvalue weighted by Gasteiger charge is -2.36. The number of rotatable bonds is 2. The third-order valence-corrected chi connectivity index (χ3v) is 4.85. The lowest BCUT2D eigenvalue weighted by atomic mass is 10.0. The summed E-state index contributed by atoms with van der Waals surface area (Å²) in [5.41, 5.74) is 2.02. The second-order valence-electron chi connectivity index (χ2n) is 5.28.